The SMILES string of the molecule is CCCOc1ccc(-c2cc3c(s2)=NC(C)(/C=C/c2ccc(O)cc2)CC=3)cc1. The zero-order valence-corrected chi connectivity index (χ0v) is 17.6. The number of thiophene rings is 1. The largest absolute Gasteiger partial charge is 0.508 e. The smallest absolute Gasteiger partial charge is 0.119 e. The van der Waals surface area contributed by atoms with Crippen molar-refractivity contribution in [2.75, 3.05) is 6.61 Å². The van der Waals surface area contributed by atoms with Crippen LogP contribution in [-0.2, 0) is 0 Å². The summed E-state index contributed by atoms with van der Waals surface area (Å²) in [6.07, 6.45) is 8.39. The van der Waals surface area contributed by atoms with Crippen molar-refractivity contribution < 1.29 is 9.84 Å². The van der Waals surface area contributed by atoms with E-state index in [9.17, 15) is 5.11 Å². The Morgan fingerprint density at radius 2 is 1.90 bits per heavy atom. The fourth-order valence-electron chi connectivity index (χ4n) is 3.27. The predicted octanol–water partition coefficient (Wildman–Crippen LogP) is 5.19. The lowest BCUT2D eigenvalue weighted by Gasteiger charge is -2.21. The molecule has 2 aromatic carbocycles. The fraction of sp³-hybridized carbons (Fsp3) is 0.240. The van der Waals surface area contributed by atoms with Gasteiger partial charge in [0, 0.05) is 10.1 Å². The Kier molecular flexibility index (Phi) is 5.54. The summed E-state index contributed by atoms with van der Waals surface area (Å²) in [5.41, 5.74) is 1.99. The van der Waals surface area contributed by atoms with Crippen LogP contribution in [0.25, 0.3) is 22.6 Å². The van der Waals surface area contributed by atoms with Gasteiger partial charge in [0.05, 0.1) is 12.1 Å². The van der Waals surface area contributed by atoms with E-state index in [1.807, 2.05) is 24.3 Å². The average Bonchev–Trinajstić information content (AvgIpc) is 3.15. The van der Waals surface area contributed by atoms with Gasteiger partial charge in [-0.2, -0.15) is 0 Å². The van der Waals surface area contributed by atoms with Crippen LogP contribution in [0, 0.1) is 0 Å². The Bertz CT molecular complexity index is 1130. The molecule has 0 radical (unpaired) electrons. The summed E-state index contributed by atoms with van der Waals surface area (Å²) >= 11 is 1.73. The lowest BCUT2D eigenvalue weighted by Crippen LogP contribution is -2.32. The zero-order valence-electron chi connectivity index (χ0n) is 16.8. The van der Waals surface area contributed by atoms with E-state index in [-0.39, 0.29) is 11.3 Å². The van der Waals surface area contributed by atoms with E-state index in [0.717, 1.165) is 35.4 Å². The van der Waals surface area contributed by atoms with Crippen molar-refractivity contribution in [2.24, 2.45) is 4.99 Å². The second-order valence-electron chi connectivity index (χ2n) is 7.55. The van der Waals surface area contributed by atoms with Gasteiger partial charge in [-0.3, -0.25) is 4.99 Å². The van der Waals surface area contributed by atoms with Crippen LogP contribution in [0.4, 0.5) is 0 Å². The van der Waals surface area contributed by atoms with Gasteiger partial charge in [0.1, 0.15) is 16.2 Å². The molecule has 3 aromatic rings. The summed E-state index contributed by atoms with van der Waals surface area (Å²) in [6.45, 7) is 5.01. The third kappa shape index (κ3) is 4.60. The van der Waals surface area contributed by atoms with E-state index in [1.165, 1.54) is 15.7 Å². The molecule has 4 rings (SSSR count). The number of benzene rings is 2. The Morgan fingerprint density at radius 3 is 2.62 bits per heavy atom. The van der Waals surface area contributed by atoms with Gasteiger partial charge >= 0.3 is 0 Å². The highest BCUT2D eigenvalue weighted by molar-refractivity contribution is 7.13. The van der Waals surface area contributed by atoms with Crippen LogP contribution in [0.2, 0.25) is 0 Å². The van der Waals surface area contributed by atoms with E-state index in [4.69, 9.17) is 9.73 Å². The first-order valence-electron chi connectivity index (χ1n) is 9.96. The highest BCUT2D eigenvalue weighted by Crippen LogP contribution is 2.26. The van der Waals surface area contributed by atoms with Gasteiger partial charge in [0.2, 0.25) is 0 Å². The molecule has 0 fully saturated rings. The number of phenolic OH excluding ortho intramolecular Hbond substituents is 1. The average molecular weight is 404 g/mol. The van der Waals surface area contributed by atoms with Crippen molar-refractivity contribution in [2.45, 2.75) is 32.2 Å². The van der Waals surface area contributed by atoms with Gasteiger partial charge in [-0.05, 0) is 73.4 Å². The molecule has 0 saturated heterocycles. The molecule has 0 spiro atoms. The highest BCUT2D eigenvalue weighted by atomic mass is 32.1. The number of rotatable bonds is 6. The van der Waals surface area contributed by atoms with Gasteiger partial charge in [-0.15, -0.1) is 11.3 Å². The second kappa shape index (κ2) is 8.26. The van der Waals surface area contributed by atoms with Crippen molar-refractivity contribution in [1.29, 1.82) is 0 Å². The molecule has 1 unspecified atom stereocenters. The van der Waals surface area contributed by atoms with Crippen LogP contribution >= 0.6 is 11.3 Å². The van der Waals surface area contributed by atoms with Gasteiger partial charge in [0.15, 0.2) is 0 Å². The molecule has 148 valence electrons. The first-order valence-corrected chi connectivity index (χ1v) is 10.8. The van der Waals surface area contributed by atoms with E-state index < -0.39 is 0 Å². The fourth-order valence-corrected chi connectivity index (χ4v) is 4.43. The van der Waals surface area contributed by atoms with Gasteiger partial charge in [-0.1, -0.05) is 37.3 Å². The molecule has 1 atom stereocenters. The molecule has 3 nitrogen and oxygen atoms in total. The quantitative estimate of drug-likeness (QED) is 0.616. The summed E-state index contributed by atoms with van der Waals surface area (Å²) < 4.78 is 6.76. The van der Waals surface area contributed by atoms with Crippen molar-refractivity contribution in [3.63, 3.8) is 0 Å². The number of phenols is 1. The first kappa shape index (κ1) is 19.5. The molecule has 0 aliphatic carbocycles. The molecular formula is C25H25NO2S. The summed E-state index contributed by atoms with van der Waals surface area (Å²) in [6, 6.07) is 17.8. The molecule has 0 saturated carbocycles. The normalized spacial score (nSPS) is 18.1. The molecule has 1 aliphatic heterocycles. The molecule has 29 heavy (non-hydrogen) atoms. The predicted molar refractivity (Wildman–Crippen MR) is 121 cm³/mol. The van der Waals surface area contributed by atoms with E-state index in [2.05, 4.69) is 50.3 Å². The number of nitrogens with zero attached hydrogens (tertiary/aromatic N) is 1. The lowest BCUT2D eigenvalue weighted by atomic mass is 9.95. The third-order valence-corrected chi connectivity index (χ3v) is 6.07. The Labute approximate surface area is 175 Å². The molecular weight excluding hydrogens is 378 g/mol. The monoisotopic (exact) mass is 403 g/mol. The van der Waals surface area contributed by atoms with Crippen LogP contribution in [0.1, 0.15) is 32.3 Å². The summed E-state index contributed by atoms with van der Waals surface area (Å²) in [4.78, 5) is 6.27. The minimum atomic E-state index is -0.259. The standard InChI is InChI=1S/C25H25NO2S/c1-3-16-28-22-10-6-19(7-11-22)23-17-20-13-15-25(2,26-24(20)29-23)14-12-18-4-8-21(27)9-5-18/h4-14,17,27H,3,15-16H2,1-2H3/b14-12+. The second-order valence-corrected chi connectivity index (χ2v) is 8.58. The number of hydrogen-bond acceptors (Lipinski definition) is 4. The first-order chi connectivity index (χ1) is 14.0. The van der Waals surface area contributed by atoms with E-state index >= 15 is 0 Å². The Balaban J connectivity index is 1.57. The minimum absolute atomic E-state index is 0.259. The van der Waals surface area contributed by atoms with Gasteiger partial charge in [0.25, 0.3) is 0 Å². The lowest BCUT2D eigenvalue weighted by molar-refractivity contribution is 0.317. The summed E-state index contributed by atoms with van der Waals surface area (Å²) in [7, 11) is 0. The van der Waals surface area contributed by atoms with Gasteiger partial charge in [-0.25, -0.2) is 0 Å². The zero-order chi connectivity index (χ0) is 20.3. The van der Waals surface area contributed by atoms with Crippen molar-refractivity contribution in [3.05, 3.63) is 76.1 Å². The van der Waals surface area contributed by atoms with Crippen molar-refractivity contribution >= 4 is 23.5 Å². The molecule has 4 heteroatoms. The topological polar surface area (TPSA) is 41.8 Å². The molecule has 0 bridgehead atoms. The van der Waals surface area contributed by atoms with Gasteiger partial charge < -0.3 is 9.84 Å². The third-order valence-electron chi connectivity index (χ3n) is 4.97. The van der Waals surface area contributed by atoms with E-state index in [0.29, 0.717) is 0 Å². The van der Waals surface area contributed by atoms with E-state index in [1.54, 1.807) is 23.5 Å². The molecule has 1 aromatic heterocycles. The Morgan fingerprint density at radius 1 is 1.14 bits per heavy atom. The molecule has 1 aliphatic rings. The summed E-state index contributed by atoms with van der Waals surface area (Å²) in [5.74, 6) is 1.20. The highest BCUT2D eigenvalue weighted by Gasteiger charge is 2.21. The number of fused-ring (bicyclic) bond motifs is 1. The molecule has 0 amide bonds. The Hall–Kier alpha value is -2.85. The summed E-state index contributed by atoms with van der Waals surface area (Å²) in [5, 5.41) is 10.6. The number of hydrogen-bond donors (Lipinski definition) is 1. The van der Waals surface area contributed by atoms with Crippen LogP contribution in [0.15, 0.2) is 65.7 Å². The number of aromatic hydroxyl groups is 1. The van der Waals surface area contributed by atoms with Crippen LogP contribution < -0.4 is 14.6 Å². The number of ether oxygens (including phenoxy) is 1. The minimum Gasteiger partial charge on any atom is -0.508 e. The molecule has 2 heterocycles. The van der Waals surface area contributed by atoms with Crippen molar-refractivity contribution in [3.8, 4) is 21.9 Å². The van der Waals surface area contributed by atoms with Crippen LogP contribution in [-0.4, -0.2) is 17.3 Å². The maximum absolute atomic E-state index is 9.43. The van der Waals surface area contributed by atoms with Crippen molar-refractivity contribution in [1.82, 2.24) is 0 Å². The molecule has 1 N–H and O–H groups in total. The van der Waals surface area contributed by atoms with Crippen LogP contribution in [0.3, 0.4) is 0 Å². The maximum atomic E-state index is 9.43. The maximum Gasteiger partial charge on any atom is 0.119 e. The van der Waals surface area contributed by atoms with Crippen LogP contribution in [0.5, 0.6) is 11.5 Å².